The molecular formula is C19H11F4N5O2. The second-order valence-corrected chi connectivity index (χ2v) is 5.85. The van der Waals surface area contributed by atoms with Crippen molar-refractivity contribution < 1.29 is 22.7 Å². The molecular weight excluding hydrogens is 406 g/mol. The molecule has 1 heterocycles. The smallest absolute Gasteiger partial charge is 0.419 e. The predicted molar refractivity (Wildman–Crippen MR) is 99.3 cm³/mol. The lowest BCUT2D eigenvalue weighted by Crippen LogP contribution is -2.16. The van der Waals surface area contributed by atoms with Gasteiger partial charge in [0.2, 0.25) is 5.95 Å². The van der Waals surface area contributed by atoms with Crippen molar-refractivity contribution in [2.24, 2.45) is 5.10 Å². The van der Waals surface area contributed by atoms with Crippen LogP contribution >= 0.6 is 0 Å². The minimum atomic E-state index is -4.96. The van der Waals surface area contributed by atoms with E-state index < -0.39 is 28.9 Å². The summed E-state index contributed by atoms with van der Waals surface area (Å²) in [6, 6.07) is 11.4. The van der Waals surface area contributed by atoms with E-state index in [2.05, 4.69) is 20.5 Å². The second kappa shape index (κ2) is 8.04. The zero-order chi connectivity index (χ0) is 21.9. The number of nitrogens with one attached hydrogen (secondary N) is 2. The number of aromatic hydroxyl groups is 1. The maximum absolute atomic E-state index is 13.7. The Kier molecular flexibility index (Phi) is 5.50. The quantitative estimate of drug-likeness (QED) is 0.341. The first-order chi connectivity index (χ1) is 14.2. The van der Waals surface area contributed by atoms with Gasteiger partial charge in [-0.15, -0.1) is 0 Å². The van der Waals surface area contributed by atoms with Crippen molar-refractivity contribution in [3.05, 3.63) is 75.3 Å². The van der Waals surface area contributed by atoms with E-state index in [0.29, 0.717) is 11.6 Å². The number of phenolic OH excluding ortho intramolecular Hbond substituents is 1. The Balaban J connectivity index is 1.91. The minimum absolute atomic E-state index is 0.0861. The third-order valence-corrected chi connectivity index (χ3v) is 3.91. The van der Waals surface area contributed by atoms with Gasteiger partial charge in [-0.2, -0.15) is 23.5 Å². The Morgan fingerprint density at radius 1 is 1.20 bits per heavy atom. The van der Waals surface area contributed by atoms with Gasteiger partial charge in [0.1, 0.15) is 11.6 Å². The van der Waals surface area contributed by atoms with E-state index in [0.717, 1.165) is 12.3 Å². The highest BCUT2D eigenvalue weighted by atomic mass is 19.4. The van der Waals surface area contributed by atoms with Crippen molar-refractivity contribution in [3.8, 4) is 23.1 Å². The largest absolute Gasteiger partial charge is 0.504 e. The molecule has 0 atom stereocenters. The number of H-pyrrole nitrogens is 1. The Labute approximate surface area is 166 Å². The number of nitriles is 1. The minimum Gasteiger partial charge on any atom is -0.504 e. The van der Waals surface area contributed by atoms with Crippen LogP contribution in [0.1, 0.15) is 16.7 Å². The first-order valence-electron chi connectivity index (χ1n) is 8.20. The number of rotatable bonds is 4. The number of hydrogen-bond donors (Lipinski definition) is 3. The van der Waals surface area contributed by atoms with Gasteiger partial charge in [-0.1, -0.05) is 30.3 Å². The van der Waals surface area contributed by atoms with Crippen LogP contribution in [-0.4, -0.2) is 21.3 Å². The summed E-state index contributed by atoms with van der Waals surface area (Å²) >= 11 is 0. The van der Waals surface area contributed by atoms with Crippen molar-refractivity contribution >= 4 is 12.2 Å². The molecule has 0 bridgehead atoms. The molecule has 0 saturated carbocycles. The SMILES string of the molecule is N#Cc1c(-c2ccccc2)nc(NN=Cc2ccc(C(F)(F)F)c(F)c2O)[nH]c1=O. The van der Waals surface area contributed by atoms with Crippen LogP contribution in [0.5, 0.6) is 5.75 Å². The van der Waals surface area contributed by atoms with Crippen molar-refractivity contribution in [1.29, 1.82) is 5.26 Å². The van der Waals surface area contributed by atoms with Gasteiger partial charge in [-0.3, -0.25) is 9.78 Å². The summed E-state index contributed by atoms with van der Waals surface area (Å²) in [6.07, 6.45) is -4.12. The summed E-state index contributed by atoms with van der Waals surface area (Å²) < 4.78 is 51.7. The van der Waals surface area contributed by atoms with Crippen molar-refractivity contribution in [2.45, 2.75) is 6.18 Å². The molecule has 0 amide bonds. The number of hydrazone groups is 1. The van der Waals surface area contributed by atoms with Gasteiger partial charge in [0, 0.05) is 11.1 Å². The average molecular weight is 417 g/mol. The van der Waals surface area contributed by atoms with Crippen LogP contribution in [0.2, 0.25) is 0 Å². The lowest BCUT2D eigenvalue weighted by atomic mass is 10.1. The molecule has 3 aromatic rings. The van der Waals surface area contributed by atoms with Gasteiger partial charge in [0.15, 0.2) is 11.6 Å². The molecule has 0 unspecified atom stereocenters. The summed E-state index contributed by atoms with van der Waals surface area (Å²) in [5.41, 5.74) is -0.0169. The molecule has 0 aliphatic rings. The van der Waals surface area contributed by atoms with Gasteiger partial charge >= 0.3 is 6.18 Å². The zero-order valence-electron chi connectivity index (χ0n) is 14.8. The van der Waals surface area contributed by atoms with Gasteiger partial charge in [0.25, 0.3) is 5.56 Å². The number of nitrogens with zero attached hydrogens (tertiary/aromatic N) is 3. The molecule has 0 aliphatic carbocycles. The number of alkyl halides is 3. The number of anilines is 1. The highest BCUT2D eigenvalue weighted by molar-refractivity contribution is 5.84. The molecule has 0 aliphatic heterocycles. The van der Waals surface area contributed by atoms with Gasteiger partial charge in [-0.25, -0.2) is 14.8 Å². The lowest BCUT2D eigenvalue weighted by molar-refractivity contribution is -0.140. The normalized spacial score (nSPS) is 11.4. The van der Waals surface area contributed by atoms with Crippen LogP contribution in [-0.2, 0) is 6.18 Å². The molecule has 3 N–H and O–H groups in total. The van der Waals surface area contributed by atoms with E-state index in [1.165, 1.54) is 0 Å². The van der Waals surface area contributed by atoms with Gasteiger partial charge in [0.05, 0.1) is 17.5 Å². The molecule has 0 spiro atoms. The number of halogens is 4. The molecule has 2 aromatic carbocycles. The molecule has 0 saturated heterocycles. The predicted octanol–water partition coefficient (Wildman–Crippen LogP) is 3.62. The summed E-state index contributed by atoms with van der Waals surface area (Å²) in [7, 11) is 0. The van der Waals surface area contributed by atoms with E-state index >= 15 is 0 Å². The average Bonchev–Trinajstić information content (AvgIpc) is 2.70. The first kappa shape index (κ1) is 20.5. The topological polar surface area (TPSA) is 114 Å². The van der Waals surface area contributed by atoms with Crippen LogP contribution in [0.15, 0.2) is 52.4 Å². The Bertz CT molecular complexity index is 1210. The molecule has 0 fully saturated rings. The maximum atomic E-state index is 13.7. The van der Waals surface area contributed by atoms with E-state index in [4.69, 9.17) is 0 Å². The second-order valence-electron chi connectivity index (χ2n) is 5.85. The number of benzene rings is 2. The number of hydrogen-bond acceptors (Lipinski definition) is 6. The van der Waals surface area contributed by atoms with Crippen LogP contribution in [0, 0.1) is 17.1 Å². The van der Waals surface area contributed by atoms with Gasteiger partial charge < -0.3 is 5.11 Å². The number of phenols is 1. The lowest BCUT2D eigenvalue weighted by Gasteiger charge is -2.10. The van der Waals surface area contributed by atoms with E-state index in [1.54, 1.807) is 36.4 Å². The van der Waals surface area contributed by atoms with Crippen LogP contribution in [0.3, 0.4) is 0 Å². The maximum Gasteiger partial charge on any atom is 0.419 e. The summed E-state index contributed by atoms with van der Waals surface area (Å²) in [5.74, 6) is -3.25. The van der Waals surface area contributed by atoms with Crippen molar-refractivity contribution in [1.82, 2.24) is 9.97 Å². The standard InChI is InChI=1S/C19H11F4N5O2/c20-14-13(19(21,22)23)7-6-11(16(14)29)9-25-28-18-26-15(10-4-2-1-3-5-10)12(8-24)17(30)27-18/h1-7,9,29H,(H2,26,27,28,30). The fourth-order valence-corrected chi connectivity index (χ4v) is 2.50. The monoisotopic (exact) mass is 417 g/mol. The fraction of sp³-hybridized carbons (Fsp3) is 0.0526. The van der Waals surface area contributed by atoms with Crippen LogP contribution in [0.25, 0.3) is 11.3 Å². The third kappa shape index (κ3) is 4.12. The van der Waals surface area contributed by atoms with Crippen molar-refractivity contribution in [2.75, 3.05) is 5.43 Å². The van der Waals surface area contributed by atoms with Crippen LogP contribution < -0.4 is 11.0 Å². The highest BCUT2D eigenvalue weighted by Gasteiger charge is 2.35. The highest BCUT2D eigenvalue weighted by Crippen LogP contribution is 2.35. The van der Waals surface area contributed by atoms with E-state index in [-0.39, 0.29) is 22.8 Å². The zero-order valence-corrected chi connectivity index (χ0v) is 14.8. The Morgan fingerprint density at radius 2 is 1.90 bits per heavy atom. The van der Waals surface area contributed by atoms with Crippen molar-refractivity contribution in [3.63, 3.8) is 0 Å². The molecule has 0 radical (unpaired) electrons. The molecule has 30 heavy (non-hydrogen) atoms. The Morgan fingerprint density at radius 3 is 2.53 bits per heavy atom. The van der Waals surface area contributed by atoms with E-state index in [1.807, 2.05) is 0 Å². The molecule has 152 valence electrons. The summed E-state index contributed by atoms with van der Waals surface area (Å²) in [5, 5.41) is 22.5. The summed E-state index contributed by atoms with van der Waals surface area (Å²) in [4.78, 5) is 18.5. The van der Waals surface area contributed by atoms with Crippen LogP contribution in [0.4, 0.5) is 23.5 Å². The summed E-state index contributed by atoms with van der Waals surface area (Å²) in [6.45, 7) is 0. The number of aromatic nitrogens is 2. The number of aromatic amines is 1. The first-order valence-corrected chi connectivity index (χ1v) is 8.20. The van der Waals surface area contributed by atoms with Gasteiger partial charge in [-0.05, 0) is 12.1 Å². The van der Waals surface area contributed by atoms with E-state index in [9.17, 15) is 32.7 Å². The molecule has 3 rings (SSSR count). The molecule has 7 nitrogen and oxygen atoms in total. The third-order valence-electron chi connectivity index (χ3n) is 3.91. The molecule has 1 aromatic heterocycles. The molecule has 11 heteroatoms. The fourth-order valence-electron chi connectivity index (χ4n) is 2.50. The Hall–Kier alpha value is -4.20.